The van der Waals surface area contributed by atoms with E-state index >= 15 is 0 Å². The topological polar surface area (TPSA) is 0 Å². The van der Waals surface area contributed by atoms with E-state index in [2.05, 4.69) is 27.0 Å². The molecule has 0 aliphatic carbocycles. The predicted octanol–water partition coefficient (Wildman–Crippen LogP) is 4.97. The van der Waals surface area contributed by atoms with Crippen molar-refractivity contribution >= 4 is 0 Å². The highest BCUT2D eigenvalue weighted by molar-refractivity contribution is 4.71. The van der Waals surface area contributed by atoms with Crippen LogP contribution in [0.5, 0.6) is 0 Å². The number of allylic oxidation sites excluding steroid dienone is 2. The summed E-state index contributed by atoms with van der Waals surface area (Å²) in [5.74, 6) is 1.72. The van der Waals surface area contributed by atoms with Crippen molar-refractivity contribution in [3.05, 3.63) is 25.3 Å². The van der Waals surface area contributed by atoms with Crippen LogP contribution in [0.3, 0.4) is 0 Å². The summed E-state index contributed by atoms with van der Waals surface area (Å²) in [6, 6.07) is 0. The van der Waals surface area contributed by atoms with Crippen LogP contribution in [0.2, 0.25) is 0 Å². The number of hydrogen-bond acceptors (Lipinski definition) is 0. The average molecular weight is 194 g/mol. The lowest BCUT2D eigenvalue weighted by Crippen LogP contribution is -2.07. The molecule has 0 aliphatic rings. The zero-order valence-electron chi connectivity index (χ0n) is 9.97. The van der Waals surface area contributed by atoms with Crippen molar-refractivity contribution in [1.29, 1.82) is 0 Å². The number of hydrogen-bond donors (Lipinski definition) is 0. The quantitative estimate of drug-likeness (QED) is 0.359. The fourth-order valence-corrected chi connectivity index (χ4v) is 1.74. The van der Waals surface area contributed by atoms with Gasteiger partial charge in [-0.2, -0.15) is 0 Å². The molecule has 0 rings (SSSR count). The Morgan fingerprint density at radius 2 is 1.21 bits per heavy atom. The van der Waals surface area contributed by atoms with E-state index in [1.165, 1.54) is 38.5 Å². The van der Waals surface area contributed by atoms with E-state index in [0.717, 1.165) is 11.8 Å². The van der Waals surface area contributed by atoms with Gasteiger partial charge in [-0.1, -0.05) is 38.8 Å². The molecule has 0 heteroatoms. The molecule has 82 valence electrons. The Morgan fingerprint density at radius 3 is 1.50 bits per heavy atom. The third-order valence-corrected chi connectivity index (χ3v) is 3.11. The van der Waals surface area contributed by atoms with Crippen LogP contribution in [0, 0.1) is 11.8 Å². The molecule has 0 aromatic carbocycles. The van der Waals surface area contributed by atoms with Crippen molar-refractivity contribution in [2.45, 2.75) is 52.4 Å². The first-order valence-electron chi connectivity index (χ1n) is 5.94. The lowest BCUT2D eigenvalue weighted by molar-refractivity contribution is 0.332. The van der Waals surface area contributed by atoms with Gasteiger partial charge in [0.1, 0.15) is 0 Å². The second-order valence-corrected chi connectivity index (χ2v) is 4.39. The van der Waals surface area contributed by atoms with E-state index in [9.17, 15) is 0 Å². The molecule has 0 spiro atoms. The molecule has 0 aromatic rings. The summed E-state index contributed by atoms with van der Waals surface area (Å²) in [5, 5.41) is 0. The maximum atomic E-state index is 3.75. The second-order valence-electron chi connectivity index (χ2n) is 4.39. The van der Waals surface area contributed by atoms with E-state index in [1.807, 2.05) is 12.2 Å². The van der Waals surface area contributed by atoms with Crippen molar-refractivity contribution in [1.82, 2.24) is 0 Å². The van der Waals surface area contributed by atoms with E-state index in [4.69, 9.17) is 0 Å². The summed E-state index contributed by atoms with van der Waals surface area (Å²) >= 11 is 0. The van der Waals surface area contributed by atoms with Crippen LogP contribution in [0.4, 0.5) is 0 Å². The summed E-state index contributed by atoms with van der Waals surface area (Å²) in [6.45, 7) is 12.3. The van der Waals surface area contributed by atoms with Crippen LogP contribution in [0.15, 0.2) is 25.3 Å². The molecule has 0 unspecified atom stereocenters. The van der Waals surface area contributed by atoms with Crippen LogP contribution in [0.25, 0.3) is 0 Å². The van der Waals surface area contributed by atoms with Gasteiger partial charge in [0.25, 0.3) is 0 Å². The molecule has 0 nitrogen and oxygen atoms in total. The highest BCUT2D eigenvalue weighted by atomic mass is 14.2. The van der Waals surface area contributed by atoms with Crippen molar-refractivity contribution in [2.75, 3.05) is 0 Å². The number of rotatable bonds is 9. The smallest absolute Gasteiger partial charge is 0.0353 e. The highest BCUT2D eigenvalue weighted by Gasteiger charge is 2.10. The molecule has 2 atom stereocenters. The maximum absolute atomic E-state index is 3.75. The molecule has 0 radical (unpaired) electrons. The second kappa shape index (κ2) is 9.05. The van der Waals surface area contributed by atoms with Crippen LogP contribution < -0.4 is 0 Å². The predicted molar refractivity (Wildman–Crippen MR) is 66.4 cm³/mol. The standard InChI is InChI=1S/C14H26/c1-5-7-9-11-13(3)14(4)12-10-8-6-2/h5-6,13-14H,1-2,7-12H2,3-4H3/t13-,14+. The van der Waals surface area contributed by atoms with E-state index in [0.29, 0.717) is 0 Å². The fourth-order valence-electron chi connectivity index (χ4n) is 1.74. The normalized spacial score (nSPS) is 14.7. The van der Waals surface area contributed by atoms with Crippen molar-refractivity contribution in [3.8, 4) is 0 Å². The summed E-state index contributed by atoms with van der Waals surface area (Å²) in [6.07, 6.45) is 11.7. The fraction of sp³-hybridized carbons (Fsp3) is 0.714. The van der Waals surface area contributed by atoms with Gasteiger partial charge >= 0.3 is 0 Å². The summed E-state index contributed by atoms with van der Waals surface area (Å²) < 4.78 is 0. The lowest BCUT2D eigenvalue weighted by Gasteiger charge is -2.19. The Kier molecular flexibility index (Phi) is 8.72. The molecule has 0 heterocycles. The SMILES string of the molecule is C=CCCC[C@@H](C)[C@@H](C)CCCC=C. The monoisotopic (exact) mass is 194 g/mol. The maximum Gasteiger partial charge on any atom is -0.0353 e. The molecule has 0 saturated heterocycles. The zero-order valence-corrected chi connectivity index (χ0v) is 9.97. The summed E-state index contributed by atoms with van der Waals surface area (Å²) in [4.78, 5) is 0. The Morgan fingerprint density at radius 1 is 0.857 bits per heavy atom. The van der Waals surface area contributed by atoms with Gasteiger partial charge in [-0.25, -0.2) is 0 Å². The van der Waals surface area contributed by atoms with Gasteiger partial charge in [0, 0.05) is 0 Å². The molecule has 0 saturated carbocycles. The van der Waals surface area contributed by atoms with Gasteiger partial charge in [0.05, 0.1) is 0 Å². The lowest BCUT2D eigenvalue weighted by atomic mass is 9.87. The molecule has 14 heavy (non-hydrogen) atoms. The van der Waals surface area contributed by atoms with Gasteiger partial charge in [0.15, 0.2) is 0 Å². The summed E-state index contributed by atoms with van der Waals surface area (Å²) in [7, 11) is 0. The van der Waals surface area contributed by atoms with Crippen molar-refractivity contribution in [2.24, 2.45) is 11.8 Å². The molecular formula is C14H26. The van der Waals surface area contributed by atoms with E-state index < -0.39 is 0 Å². The van der Waals surface area contributed by atoms with E-state index in [1.54, 1.807) is 0 Å². The highest BCUT2D eigenvalue weighted by Crippen LogP contribution is 2.22. The summed E-state index contributed by atoms with van der Waals surface area (Å²) in [5.41, 5.74) is 0. The molecule has 0 N–H and O–H groups in total. The molecule has 0 amide bonds. The van der Waals surface area contributed by atoms with Crippen LogP contribution >= 0.6 is 0 Å². The molecule has 0 fully saturated rings. The minimum atomic E-state index is 0.861. The Balaban J connectivity index is 3.47. The van der Waals surface area contributed by atoms with Crippen LogP contribution in [-0.2, 0) is 0 Å². The first-order valence-corrected chi connectivity index (χ1v) is 5.94. The van der Waals surface area contributed by atoms with Gasteiger partial charge < -0.3 is 0 Å². The van der Waals surface area contributed by atoms with Crippen LogP contribution in [-0.4, -0.2) is 0 Å². The van der Waals surface area contributed by atoms with Crippen molar-refractivity contribution in [3.63, 3.8) is 0 Å². The molecule has 0 aromatic heterocycles. The third kappa shape index (κ3) is 6.94. The largest absolute Gasteiger partial charge is 0.103 e. The molecular weight excluding hydrogens is 168 g/mol. The van der Waals surface area contributed by atoms with Gasteiger partial charge in [-0.15, -0.1) is 13.2 Å². The van der Waals surface area contributed by atoms with Crippen molar-refractivity contribution < 1.29 is 0 Å². The Hall–Kier alpha value is -0.520. The Labute approximate surface area is 90.1 Å². The van der Waals surface area contributed by atoms with Crippen LogP contribution in [0.1, 0.15) is 52.4 Å². The third-order valence-electron chi connectivity index (χ3n) is 3.11. The van der Waals surface area contributed by atoms with Gasteiger partial charge in [-0.05, 0) is 37.5 Å². The molecule has 0 bridgehead atoms. The zero-order chi connectivity index (χ0) is 10.8. The molecule has 0 aliphatic heterocycles. The number of unbranched alkanes of at least 4 members (excludes halogenated alkanes) is 2. The first kappa shape index (κ1) is 13.5. The minimum Gasteiger partial charge on any atom is -0.103 e. The minimum absolute atomic E-state index is 0.861. The first-order chi connectivity index (χ1) is 6.72. The van der Waals surface area contributed by atoms with Gasteiger partial charge in [-0.3, -0.25) is 0 Å². The van der Waals surface area contributed by atoms with Gasteiger partial charge in [0.2, 0.25) is 0 Å². The average Bonchev–Trinajstić information content (AvgIpc) is 2.18. The Bertz CT molecular complexity index is 128. The van der Waals surface area contributed by atoms with E-state index in [-0.39, 0.29) is 0 Å².